The second-order valence-electron chi connectivity index (χ2n) is 4.30. The highest BCUT2D eigenvalue weighted by Crippen LogP contribution is 2.28. The van der Waals surface area contributed by atoms with E-state index in [4.69, 9.17) is 15.2 Å². The molecule has 1 aliphatic rings. The van der Waals surface area contributed by atoms with Crippen molar-refractivity contribution >= 4 is 0 Å². The van der Waals surface area contributed by atoms with Gasteiger partial charge in [0.2, 0.25) is 0 Å². The Morgan fingerprint density at radius 1 is 1.41 bits per heavy atom. The topological polar surface area (TPSA) is 44.5 Å². The molecule has 1 heterocycles. The van der Waals surface area contributed by atoms with E-state index in [1.54, 1.807) is 7.11 Å². The molecule has 1 aliphatic heterocycles. The summed E-state index contributed by atoms with van der Waals surface area (Å²) in [6.45, 7) is 2.78. The van der Waals surface area contributed by atoms with E-state index in [0.717, 1.165) is 42.1 Å². The summed E-state index contributed by atoms with van der Waals surface area (Å²) >= 11 is 0. The van der Waals surface area contributed by atoms with Gasteiger partial charge in [-0.05, 0) is 43.0 Å². The lowest BCUT2D eigenvalue weighted by atomic mass is 10.0. The lowest BCUT2D eigenvalue weighted by molar-refractivity contribution is 0.176. The predicted octanol–water partition coefficient (Wildman–Crippen LogP) is 2.70. The van der Waals surface area contributed by atoms with Crippen LogP contribution in [0.5, 0.6) is 5.75 Å². The number of hydrogen-bond donors (Lipinski definition) is 1. The molecule has 3 heteroatoms. The van der Waals surface area contributed by atoms with Gasteiger partial charge in [-0.2, -0.15) is 0 Å². The van der Waals surface area contributed by atoms with Crippen LogP contribution in [0.1, 0.15) is 30.0 Å². The summed E-state index contributed by atoms with van der Waals surface area (Å²) in [5, 5.41) is 0. The van der Waals surface area contributed by atoms with Crippen molar-refractivity contribution in [1.29, 1.82) is 0 Å². The van der Waals surface area contributed by atoms with Gasteiger partial charge in [0.05, 0.1) is 19.8 Å². The fraction of sp³-hybridized carbons (Fsp3) is 0.429. The number of ether oxygens (including phenoxy) is 2. The van der Waals surface area contributed by atoms with E-state index in [1.165, 1.54) is 0 Å². The summed E-state index contributed by atoms with van der Waals surface area (Å²) in [6.07, 6.45) is 4.21. The molecule has 0 amide bonds. The van der Waals surface area contributed by atoms with Crippen LogP contribution in [-0.4, -0.2) is 13.7 Å². The molecule has 3 nitrogen and oxygen atoms in total. The van der Waals surface area contributed by atoms with Crippen molar-refractivity contribution in [2.24, 2.45) is 5.73 Å². The zero-order chi connectivity index (χ0) is 12.3. The molecule has 1 atom stereocenters. The average Bonchev–Trinajstić information content (AvgIpc) is 2.39. The Labute approximate surface area is 102 Å². The molecule has 0 saturated heterocycles. The zero-order valence-electron chi connectivity index (χ0n) is 10.4. The summed E-state index contributed by atoms with van der Waals surface area (Å²) in [5.74, 6) is 1.75. The largest absolute Gasteiger partial charge is 0.496 e. The molecule has 1 aromatic carbocycles. The highest BCUT2D eigenvalue weighted by Gasteiger charge is 2.16. The van der Waals surface area contributed by atoms with Crippen LogP contribution in [0.25, 0.3) is 0 Å². The van der Waals surface area contributed by atoms with Gasteiger partial charge in [-0.1, -0.05) is 12.1 Å². The van der Waals surface area contributed by atoms with Crippen LogP contribution in [0.15, 0.2) is 30.0 Å². The summed E-state index contributed by atoms with van der Waals surface area (Å²) in [4.78, 5) is 0. The maximum Gasteiger partial charge on any atom is 0.122 e. The van der Waals surface area contributed by atoms with Crippen LogP contribution in [-0.2, 0) is 4.74 Å². The zero-order valence-corrected chi connectivity index (χ0v) is 10.4. The SMILES string of the molecule is COc1cc(C(N)C2=CCCCO2)ccc1C. The molecule has 1 unspecified atom stereocenters. The summed E-state index contributed by atoms with van der Waals surface area (Å²) < 4.78 is 10.9. The fourth-order valence-corrected chi connectivity index (χ4v) is 1.99. The summed E-state index contributed by atoms with van der Waals surface area (Å²) in [5.41, 5.74) is 8.34. The quantitative estimate of drug-likeness (QED) is 0.873. The average molecular weight is 233 g/mol. The normalized spacial score (nSPS) is 17.0. The molecule has 0 aromatic heterocycles. The van der Waals surface area contributed by atoms with Crippen LogP contribution in [0.4, 0.5) is 0 Å². The lowest BCUT2D eigenvalue weighted by Gasteiger charge is -2.21. The number of methoxy groups -OCH3 is 1. The van der Waals surface area contributed by atoms with Crippen LogP contribution in [0.3, 0.4) is 0 Å². The van der Waals surface area contributed by atoms with Crippen molar-refractivity contribution in [3.8, 4) is 5.75 Å². The molecule has 92 valence electrons. The number of hydrogen-bond acceptors (Lipinski definition) is 3. The molecule has 2 rings (SSSR count). The van der Waals surface area contributed by atoms with Gasteiger partial charge in [-0.15, -0.1) is 0 Å². The van der Waals surface area contributed by atoms with E-state index < -0.39 is 0 Å². The highest BCUT2D eigenvalue weighted by molar-refractivity contribution is 5.39. The summed E-state index contributed by atoms with van der Waals surface area (Å²) in [6, 6.07) is 5.85. The molecule has 0 radical (unpaired) electrons. The minimum atomic E-state index is -0.190. The monoisotopic (exact) mass is 233 g/mol. The molecule has 0 saturated carbocycles. The van der Waals surface area contributed by atoms with Crippen molar-refractivity contribution in [3.05, 3.63) is 41.2 Å². The van der Waals surface area contributed by atoms with Crippen LogP contribution in [0, 0.1) is 6.92 Å². The van der Waals surface area contributed by atoms with Crippen molar-refractivity contribution in [3.63, 3.8) is 0 Å². The second kappa shape index (κ2) is 5.23. The third-order valence-corrected chi connectivity index (χ3v) is 3.06. The smallest absolute Gasteiger partial charge is 0.122 e. The Hall–Kier alpha value is -1.48. The molecule has 17 heavy (non-hydrogen) atoms. The van der Waals surface area contributed by atoms with Gasteiger partial charge in [0.25, 0.3) is 0 Å². The lowest BCUT2D eigenvalue weighted by Crippen LogP contribution is -2.18. The van der Waals surface area contributed by atoms with Crippen molar-refractivity contribution in [2.75, 3.05) is 13.7 Å². The summed E-state index contributed by atoms with van der Waals surface area (Å²) in [7, 11) is 1.67. The molecule has 1 aromatic rings. The van der Waals surface area contributed by atoms with Gasteiger partial charge in [-0.25, -0.2) is 0 Å². The first kappa shape index (κ1) is 12.0. The van der Waals surface area contributed by atoms with Gasteiger partial charge >= 0.3 is 0 Å². The Morgan fingerprint density at radius 3 is 2.88 bits per heavy atom. The first-order valence-electron chi connectivity index (χ1n) is 5.95. The Morgan fingerprint density at radius 2 is 2.24 bits per heavy atom. The number of nitrogens with two attached hydrogens (primary N) is 1. The van der Waals surface area contributed by atoms with Crippen LogP contribution < -0.4 is 10.5 Å². The van der Waals surface area contributed by atoms with Gasteiger partial charge < -0.3 is 15.2 Å². The van der Waals surface area contributed by atoms with Gasteiger partial charge in [0, 0.05) is 0 Å². The van der Waals surface area contributed by atoms with Crippen molar-refractivity contribution in [1.82, 2.24) is 0 Å². The Bertz CT molecular complexity index is 426. The molecule has 0 fully saturated rings. The molecule has 0 spiro atoms. The first-order valence-corrected chi connectivity index (χ1v) is 5.95. The Kier molecular flexibility index (Phi) is 3.69. The van der Waals surface area contributed by atoms with E-state index in [0.29, 0.717) is 0 Å². The second-order valence-corrected chi connectivity index (χ2v) is 4.30. The number of benzene rings is 1. The highest BCUT2D eigenvalue weighted by atomic mass is 16.5. The third-order valence-electron chi connectivity index (χ3n) is 3.06. The third kappa shape index (κ3) is 2.61. The van der Waals surface area contributed by atoms with E-state index in [-0.39, 0.29) is 6.04 Å². The van der Waals surface area contributed by atoms with E-state index >= 15 is 0 Å². The maximum absolute atomic E-state index is 6.19. The maximum atomic E-state index is 6.19. The predicted molar refractivity (Wildman–Crippen MR) is 67.9 cm³/mol. The minimum absolute atomic E-state index is 0.190. The van der Waals surface area contributed by atoms with E-state index in [1.807, 2.05) is 25.1 Å². The molecule has 0 bridgehead atoms. The van der Waals surface area contributed by atoms with E-state index in [9.17, 15) is 0 Å². The molecule has 0 aliphatic carbocycles. The molecule has 2 N–H and O–H groups in total. The van der Waals surface area contributed by atoms with Crippen molar-refractivity contribution < 1.29 is 9.47 Å². The fourth-order valence-electron chi connectivity index (χ4n) is 1.99. The molecular weight excluding hydrogens is 214 g/mol. The standard InChI is InChI=1S/C14H19NO2/c1-10-6-7-11(9-13(10)16-2)14(15)12-5-3-4-8-17-12/h5-7,9,14H,3-4,8,15H2,1-2H3. The number of allylic oxidation sites excluding steroid dienone is 1. The van der Waals surface area contributed by atoms with Gasteiger partial charge in [-0.3, -0.25) is 0 Å². The van der Waals surface area contributed by atoms with E-state index in [2.05, 4.69) is 6.08 Å². The molecular formula is C14H19NO2. The first-order chi connectivity index (χ1) is 8.22. The minimum Gasteiger partial charge on any atom is -0.496 e. The van der Waals surface area contributed by atoms with Gasteiger partial charge in [0.1, 0.15) is 11.5 Å². The van der Waals surface area contributed by atoms with Crippen LogP contribution >= 0.6 is 0 Å². The van der Waals surface area contributed by atoms with Gasteiger partial charge in [0.15, 0.2) is 0 Å². The number of rotatable bonds is 3. The number of aryl methyl sites for hydroxylation is 1. The van der Waals surface area contributed by atoms with Crippen molar-refractivity contribution in [2.45, 2.75) is 25.8 Å². The Balaban J connectivity index is 2.24. The van der Waals surface area contributed by atoms with Crippen LogP contribution in [0.2, 0.25) is 0 Å².